The Kier molecular flexibility index (Phi) is 2.50. The molecule has 1 aromatic rings. The number of benzene rings is 1. The molecule has 15 heavy (non-hydrogen) atoms. The fourth-order valence-electron chi connectivity index (χ4n) is 1.53. The van der Waals surface area contributed by atoms with E-state index in [0.29, 0.717) is 9.61 Å². The Balaban J connectivity index is 2.51. The number of halogens is 1. The number of hydrogen-bond acceptors (Lipinski definition) is 2. The van der Waals surface area contributed by atoms with Crippen molar-refractivity contribution in [2.75, 3.05) is 14.2 Å². The second-order valence-corrected chi connectivity index (χ2v) is 3.86. The van der Waals surface area contributed by atoms with Gasteiger partial charge in [0.05, 0.1) is 13.3 Å². The van der Waals surface area contributed by atoms with Crippen LogP contribution in [-0.2, 0) is 0 Å². The fraction of sp³-hybridized carbons (Fsp3) is 0.182. The number of quaternary nitrogens is 1. The molecule has 3 nitrogen and oxygen atoms in total. The van der Waals surface area contributed by atoms with Gasteiger partial charge < -0.3 is 4.74 Å². The highest BCUT2D eigenvalue weighted by atomic mass is 35.5. The van der Waals surface area contributed by atoms with Crippen LogP contribution < -0.4 is 9.33 Å². The van der Waals surface area contributed by atoms with Crippen molar-refractivity contribution in [1.29, 1.82) is 0 Å². The Morgan fingerprint density at radius 3 is 2.80 bits per heavy atom. The maximum Gasteiger partial charge on any atom is 0.186 e. The Morgan fingerprint density at radius 2 is 2.20 bits per heavy atom. The molecule has 1 heterocycles. The topological polar surface area (TPSA) is 21.6 Å². The molecular formula is C11H12ClN2O+. The summed E-state index contributed by atoms with van der Waals surface area (Å²) in [5.41, 5.74) is 0.904. The molecule has 0 bridgehead atoms. The summed E-state index contributed by atoms with van der Waals surface area (Å²) in [5.74, 6) is 0.782. The second-order valence-electron chi connectivity index (χ2n) is 3.45. The van der Waals surface area contributed by atoms with Crippen molar-refractivity contribution < 1.29 is 4.74 Å². The van der Waals surface area contributed by atoms with Crippen LogP contribution in [0.15, 0.2) is 35.6 Å². The highest BCUT2D eigenvalue weighted by molar-refractivity contribution is 6.33. The van der Waals surface area contributed by atoms with E-state index in [1.807, 2.05) is 37.5 Å². The molecule has 0 amide bonds. The summed E-state index contributed by atoms with van der Waals surface area (Å²) in [4.78, 5) is 0. The average Bonchev–Trinajstić information content (AvgIpc) is 2.67. The summed E-state index contributed by atoms with van der Waals surface area (Å²) in [6.45, 7) is 0. The predicted molar refractivity (Wildman–Crippen MR) is 63.4 cm³/mol. The monoisotopic (exact) mass is 223 g/mol. The minimum atomic E-state index is 0.329. The third kappa shape index (κ3) is 1.76. The fourth-order valence-corrected chi connectivity index (χ4v) is 1.82. The van der Waals surface area contributed by atoms with Crippen LogP contribution in [0.5, 0.6) is 5.75 Å². The zero-order valence-corrected chi connectivity index (χ0v) is 9.40. The van der Waals surface area contributed by atoms with E-state index in [-0.39, 0.29) is 0 Å². The highest BCUT2D eigenvalue weighted by Gasteiger charge is 2.27. The molecule has 0 saturated heterocycles. The molecule has 0 radical (unpaired) electrons. The van der Waals surface area contributed by atoms with Crippen LogP contribution in [0.25, 0.3) is 0 Å². The van der Waals surface area contributed by atoms with Gasteiger partial charge in [-0.05, 0) is 12.1 Å². The maximum atomic E-state index is 6.14. The van der Waals surface area contributed by atoms with Crippen molar-refractivity contribution in [3.8, 4) is 5.75 Å². The lowest BCUT2D eigenvalue weighted by Gasteiger charge is -2.21. The standard InChI is InChI=1S/C11H12ClN2O/c1-14(7-3-6-13-14)11-8-9(15-2)4-5-10(11)12/h3-8H,1-2H3/q+1. The van der Waals surface area contributed by atoms with Gasteiger partial charge in [0, 0.05) is 12.1 Å². The molecule has 1 atom stereocenters. The molecule has 0 aliphatic carbocycles. The van der Waals surface area contributed by atoms with Gasteiger partial charge in [0.25, 0.3) is 0 Å². The van der Waals surface area contributed by atoms with Crippen LogP contribution in [0, 0.1) is 0 Å². The van der Waals surface area contributed by atoms with E-state index in [1.54, 1.807) is 13.3 Å². The second kappa shape index (κ2) is 3.68. The molecule has 2 rings (SSSR count). The number of ether oxygens (including phenoxy) is 1. The molecule has 78 valence electrons. The Bertz CT molecular complexity index is 428. The Hall–Kier alpha value is -1.32. The van der Waals surface area contributed by atoms with Gasteiger partial charge in [-0.25, -0.2) is 0 Å². The molecule has 1 aliphatic heterocycles. The summed E-state index contributed by atoms with van der Waals surface area (Å²) in [6.07, 6.45) is 5.62. The number of nitrogens with zero attached hydrogens (tertiary/aromatic N) is 2. The summed E-state index contributed by atoms with van der Waals surface area (Å²) < 4.78 is 5.50. The van der Waals surface area contributed by atoms with Crippen LogP contribution in [0.3, 0.4) is 0 Å². The van der Waals surface area contributed by atoms with Crippen LogP contribution in [-0.4, -0.2) is 20.4 Å². The first-order valence-electron chi connectivity index (χ1n) is 4.59. The molecular weight excluding hydrogens is 212 g/mol. The number of methoxy groups -OCH3 is 1. The van der Waals surface area contributed by atoms with Crippen molar-refractivity contribution in [3.05, 3.63) is 35.5 Å². The molecule has 0 fully saturated rings. The lowest BCUT2D eigenvalue weighted by Crippen LogP contribution is -2.30. The number of rotatable bonds is 2. The zero-order valence-electron chi connectivity index (χ0n) is 8.64. The van der Waals surface area contributed by atoms with Gasteiger partial charge in [-0.15, -0.1) is 4.59 Å². The Morgan fingerprint density at radius 1 is 1.40 bits per heavy atom. The van der Waals surface area contributed by atoms with Crippen molar-refractivity contribution in [3.63, 3.8) is 0 Å². The van der Waals surface area contributed by atoms with E-state index in [9.17, 15) is 0 Å². The maximum absolute atomic E-state index is 6.14. The molecule has 0 aromatic heterocycles. The molecule has 1 aliphatic rings. The van der Waals surface area contributed by atoms with Gasteiger partial charge in [-0.3, -0.25) is 0 Å². The summed E-state index contributed by atoms with van der Waals surface area (Å²) in [6, 6.07) is 5.55. The summed E-state index contributed by atoms with van der Waals surface area (Å²) in [5, 5.41) is 5.02. The van der Waals surface area contributed by atoms with Crippen LogP contribution in [0.4, 0.5) is 5.69 Å². The molecule has 0 spiro atoms. The Labute approximate surface area is 93.8 Å². The van der Waals surface area contributed by atoms with Crippen LogP contribution in [0.1, 0.15) is 0 Å². The van der Waals surface area contributed by atoms with E-state index in [4.69, 9.17) is 16.3 Å². The number of allylic oxidation sites excluding steroid dienone is 1. The van der Waals surface area contributed by atoms with Gasteiger partial charge in [0.15, 0.2) is 5.69 Å². The first-order valence-corrected chi connectivity index (χ1v) is 4.97. The predicted octanol–water partition coefficient (Wildman–Crippen LogP) is 2.80. The third-order valence-corrected chi connectivity index (χ3v) is 2.73. The van der Waals surface area contributed by atoms with E-state index < -0.39 is 0 Å². The normalized spacial score (nSPS) is 23.4. The molecule has 0 saturated carbocycles. The molecule has 1 aromatic carbocycles. The van der Waals surface area contributed by atoms with E-state index in [2.05, 4.69) is 5.10 Å². The molecule has 1 unspecified atom stereocenters. The summed E-state index contributed by atoms with van der Waals surface area (Å²) in [7, 11) is 3.59. The molecule has 0 N–H and O–H groups in total. The van der Waals surface area contributed by atoms with Gasteiger partial charge in [0.1, 0.15) is 24.0 Å². The number of hydrogen-bond donors (Lipinski definition) is 0. The van der Waals surface area contributed by atoms with Crippen molar-refractivity contribution in [2.45, 2.75) is 0 Å². The highest BCUT2D eigenvalue weighted by Crippen LogP contribution is 2.35. The van der Waals surface area contributed by atoms with Crippen LogP contribution in [0.2, 0.25) is 5.02 Å². The van der Waals surface area contributed by atoms with Crippen molar-refractivity contribution in [2.24, 2.45) is 5.10 Å². The first-order chi connectivity index (χ1) is 7.15. The van der Waals surface area contributed by atoms with E-state index in [1.165, 1.54) is 0 Å². The average molecular weight is 224 g/mol. The van der Waals surface area contributed by atoms with Gasteiger partial charge >= 0.3 is 0 Å². The van der Waals surface area contributed by atoms with E-state index in [0.717, 1.165) is 11.4 Å². The minimum absolute atomic E-state index is 0.329. The van der Waals surface area contributed by atoms with Crippen LogP contribution >= 0.6 is 11.6 Å². The van der Waals surface area contributed by atoms with Crippen molar-refractivity contribution in [1.82, 2.24) is 4.59 Å². The largest absolute Gasteiger partial charge is 0.497 e. The summed E-state index contributed by atoms with van der Waals surface area (Å²) >= 11 is 6.14. The first kappa shape index (κ1) is 10.2. The van der Waals surface area contributed by atoms with E-state index >= 15 is 0 Å². The quantitative estimate of drug-likeness (QED) is 0.707. The lowest BCUT2D eigenvalue weighted by molar-refractivity contribution is 0.411. The van der Waals surface area contributed by atoms with Gasteiger partial charge in [-0.1, -0.05) is 16.7 Å². The van der Waals surface area contributed by atoms with Gasteiger partial charge in [-0.2, -0.15) is 0 Å². The zero-order chi connectivity index (χ0) is 10.9. The van der Waals surface area contributed by atoms with Crippen molar-refractivity contribution >= 4 is 23.5 Å². The molecule has 4 heteroatoms. The minimum Gasteiger partial charge on any atom is -0.497 e. The smallest absolute Gasteiger partial charge is 0.186 e. The lowest BCUT2D eigenvalue weighted by atomic mass is 10.2. The SMILES string of the molecule is COc1ccc(Cl)c([N+]2(C)C=CC=N2)c1. The third-order valence-electron chi connectivity index (χ3n) is 2.41. The van der Waals surface area contributed by atoms with Gasteiger partial charge in [0.2, 0.25) is 0 Å².